The third-order valence-electron chi connectivity index (χ3n) is 7.47. The van der Waals surface area contributed by atoms with Crippen molar-refractivity contribution in [2.45, 2.75) is 81.8 Å². The normalized spacial score (nSPS) is 16.4. The van der Waals surface area contributed by atoms with E-state index >= 15 is 0 Å². The van der Waals surface area contributed by atoms with Crippen molar-refractivity contribution in [2.75, 3.05) is 5.75 Å². The summed E-state index contributed by atoms with van der Waals surface area (Å²) in [7, 11) is 0. The summed E-state index contributed by atoms with van der Waals surface area (Å²) in [5.41, 5.74) is 5.95. The van der Waals surface area contributed by atoms with Crippen LogP contribution in [0.5, 0.6) is 0 Å². The fourth-order valence-corrected chi connectivity index (χ4v) is 6.82. The molecule has 2 aliphatic carbocycles. The van der Waals surface area contributed by atoms with Gasteiger partial charge in [0.25, 0.3) is 5.56 Å². The summed E-state index contributed by atoms with van der Waals surface area (Å²) in [5, 5.41) is 0.894. The number of nitrogens with zero attached hydrogens (tertiary/aromatic N) is 2. The SMILES string of the molecule is CCCCSc1nc2c(c(=O)n1CCc1ccccc1)C1(CCCCC1)Cc1ccccc1-2. The lowest BCUT2D eigenvalue weighted by Gasteiger charge is -2.42. The Hall–Kier alpha value is -2.33. The van der Waals surface area contributed by atoms with Crippen LogP contribution < -0.4 is 5.56 Å². The molecule has 5 rings (SSSR count). The number of aryl methyl sites for hydroxylation is 1. The molecule has 0 bridgehead atoms. The van der Waals surface area contributed by atoms with Crippen molar-refractivity contribution < 1.29 is 0 Å². The molecule has 0 amide bonds. The van der Waals surface area contributed by atoms with Crippen LogP contribution >= 0.6 is 11.8 Å². The van der Waals surface area contributed by atoms with Crippen molar-refractivity contribution in [3.63, 3.8) is 0 Å². The predicted molar refractivity (Wildman–Crippen MR) is 138 cm³/mol. The molecule has 1 spiro atoms. The molecule has 3 aromatic rings. The van der Waals surface area contributed by atoms with E-state index in [4.69, 9.17) is 4.98 Å². The minimum atomic E-state index is -0.0485. The first-order valence-corrected chi connectivity index (χ1v) is 13.6. The maximum absolute atomic E-state index is 14.3. The van der Waals surface area contributed by atoms with Gasteiger partial charge in [-0.2, -0.15) is 0 Å². The molecule has 2 aliphatic rings. The molecule has 0 saturated heterocycles. The van der Waals surface area contributed by atoms with Gasteiger partial charge in [-0.3, -0.25) is 9.36 Å². The molecule has 1 aromatic heterocycles. The van der Waals surface area contributed by atoms with Crippen LogP contribution in [-0.2, 0) is 24.8 Å². The van der Waals surface area contributed by atoms with Crippen molar-refractivity contribution in [3.05, 3.63) is 81.6 Å². The number of thioether (sulfide) groups is 1. The highest BCUT2D eigenvalue weighted by atomic mass is 32.2. The molecular weight excluding hydrogens is 424 g/mol. The lowest BCUT2D eigenvalue weighted by atomic mass is 9.62. The van der Waals surface area contributed by atoms with Gasteiger partial charge in [0.1, 0.15) is 0 Å². The van der Waals surface area contributed by atoms with Crippen LogP contribution in [0, 0.1) is 0 Å². The van der Waals surface area contributed by atoms with Crippen molar-refractivity contribution in [1.29, 1.82) is 0 Å². The summed E-state index contributed by atoms with van der Waals surface area (Å²) < 4.78 is 2.01. The minimum Gasteiger partial charge on any atom is -0.287 e. The topological polar surface area (TPSA) is 34.9 Å². The molecule has 4 heteroatoms. The quantitative estimate of drug-likeness (QED) is 0.222. The number of benzene rings is 2. The number of rotatable bonds is 7. The molecule has 172 valence electrons. The molecule has 0 unspecified atom stereocenters. The minimum absolute atomic E-state index is 0.0485. The summed E-state index contributed by atoms with van der Waals surface area (Å²) in [6.45, 7) is 2.90. The van der Waals surface area contributed by atoms with Crippen molar-refractivity contribution in [3.8, 4) is 11.3 Å². The molecule has 0 atom stereocenters. The summed E-state index contributed by atoms with van der Waals surface area (Å²) in [5.74, 6) is 1.000. The Balaban J connectivity index is 1.64. The highest BCUT2D eigenvalue weighted by Gasteiger charge is 2.43. The van der Waals surface area contributed by atoms with Crippen molar-refractivity contribution in [2.24, 2.45) is 0 Å². The van der Waals surface area contributed by atoms with Gasteiger partial charge in [0.2, 0.25) is 0 Å². The Labute approximate surface area is 201 Å². The van der Waals surface area contributed by atoms with Crippen LogP contribution in [0.2, 0.25) is 0 Å². The Morgan fingerprint density at radius 2 is 1.76 bits per heavy atom. The van der Waals surface area contributed by atoms with E-state index < -0.39 is 0 Å². The van der Waals surface area contributed by atoms with Crippen LogP contribution in [-0.4, -0.2) is 15.3 Å². The Morgan fingerprint density at radius 1 is 1.00 bits per heavy atom. The van der Waals surface area contributed by atoms with Gasteiger partial charge < -0.3 is 0 Å². The van der Waals surface area contributed by atoms with Crippen LogP contribution in [0.1, 0.15) is 68.6 Å². The van der Waals surface area contributed by atoms with E-state index in [0.717, 1.165) is 60.7 Å². The number of hydrogen-bond donors (Lipinski definition) is 0. The van der Waals surface area contributed by atoms with E-state index in [1.165, 1.54) is 36.0 Å². The Morgan fingerprint density at radius 3 is 2.55 bits per heavy atom. The number of aromatic nitrogens is 2. The van der Waals surface area contributed by atoms with E-state index in [2.05, 4.69) is 55.5 Å². The summed E-state index contributed by atoms with van der Waals surface area (Å²) in [4.78, 5) is 19.6. The summed E-state index contributed by atoms with van der Waals surface area (Å²) in [6.07, 6.45) is 10.0. The van der Waals surface area contributed by atoms with E-state index in [0.29, 0.717) is 6.54 Å². The Bertz CT molecular complexity index is 1160. The van der Waals surface area contributed by atoms with Gasteiger partial charge in [-0.05, 0) is 43.2 Å². The monoisotopic (exact) mass is 458 g/mol. The van der Waals surface area contributed by atoms with E-state index in [1.807, 2.05) is 10.6 Å². The number of hydrogen-bond acceptors (Lipinski definition) is 3. The summed E-state index contributed by atoms with van der Waals surface area (Å²) >= 11 is 1.76. The molecule has 0 radical (unpaired) electrons. The molecule has 0 aliphatic heterocycles. The smallest absolute Gasteiger partial charge is 0.258 e. The molecule has 1 fully saturated rings. The van der Waals surface area contributed by atoms with Gasteiger partial charge in [0, 0.05) is 23.3 Å². The lowest BCUT2D eigenvalue weighted by molar-refractivity contribution is 0.282. The average Bonchev–Trinajstić information content (AvgIpc) is 2.85. The zero-order valence-electron chi connectivity index (χ0n) is 19.7. The fourth-order valence-electron chi connectivity index (χ4n) is 5.72. The average molecular weight is 459 g/mol. The fraction of sp³-hybridized carbons (Fsp3) is 0.448. The van der Waals surface area contributed by atoms with Gasteiger partial charge >= 0.3 is 0 Å². The van der Waals surface area contributed by atoms with Crippen molar-refractivity contribution >= 4 is 11.8 Å². The first-order valence-electron chi connectivity index (χ1n) is 12.6. The lowest BCUT2D eigenvalue weighted by Crippen LogP contribution is -2.43. The molecule has 33 heavy (non-hydrogen) atoms. The molecular formula is C29H34N2OS. The van der Waals surface area contributed by atoms with Gasteiger partial charge in [-0.1, -0.05) is 99.0 Å². The van der Waals surface area contributed by atoms with Gasteiger partial charge in [0.05, 0.1) is 11.3 Å². The van der Waals surface area contributed by atoms with Crippen LogP contribution in [0.3, 0.4) is 0 Å². The maximum Gasteiger partial charge on any atom is 0.258 e. The number of unbranched alkanes of at least 4 members (excludes halogenated alkanes) is 1. The van der Waals surface area contributed by atoms with Crippen LogP contribution in [0.25, 0.3) is 11.3 Å². The van der Waals surface area contributed by atoms with Gasteiger partial charge in [0.15, 0.2) is 5.16 Å². The number of fused-ring (bicyclic) bond motifs is 4. The van der Waals surface area contributed by atoms with E-state index in [9.17, 15) is 4.79 Å². The Kier molecular flexibility index (Phi) is 6.73. The first kappa shape index (κ1) is 22.5. The molecule has 3 nitrogen and oxygen atoms in total. The van der Waals surface area contributed by atoms with E-state index in [1.54, 1.807) is 11.8 Å². The van der Waals surface area contributed by atoms with Crippen LogP contribution in [0.15, 0.2) is 64.5 Å². The molecule has 1 saturated carbocycles. The third kappa shape index (κ3) is 4.42. The zero-order valence-corrected chi connectivity index (χ0v) is 20.5. The molecule has 1 heterocycles. The third-order valence-corrected chi connectivity index (χ3v) is 8.54. The molecule has 0 N–H and O–H groups in total. The maximum atomic E-state index is 14.3. The second-order valence-corrected chi connectivity index (χ2v) is 10.7. The largest absolute Gasteiger partial charge is 0.287 e. The highest BCUT2D eigenvalue weighted by Crippen LogP contribution is 2.48. The zero-order chi connectivity index (χ0) is 22.7. The van der Waals surface area contributed by atoms with E-state index in [-0.39, 0.29) is 11.0 Å². The summed E-state index contributed by atoms with van der Waals surface area (Å²) in [6, 6.07) is 19.2. The van der Waals surface area contributed by atoms with Gasteiger partial charge in [-0.15, -0.1) is 0 Å². The second kappa shape index (κ2) is 9.89. The van der Waals surface area contributed by atoms with Gasteiger partial charge in [-0.25, -0.2) is 4.98 Å². The second-order valence-electron chi connectivity index (χ2n) is 9.69. The van der Waals surface area contributed by atoms with Crippen LogP contribution in [0.4, 0.5) is 0 Å². The molecule has 2 aromatic carbocycles. The highest BCUT2D eigenvalue weighted by molar-refractivity contribution is 7.99. The van der Waals surface area contributed by atoms with Crippen molar-refractivity contribution in [1.82, 2.24) is 9.55 Å². The predicted octanol–water partition coefficient (Wildman–Crippen LogP) is 6.80. The first-order chi connectivity index (χ1) is 16.2. The standard InChI is InChI=1S/C29H34N2OS/c1-2-3-20-33-28-30-26-24-15-9-8-14-23(24)21-29(17-10-5-11-18-29)25(26)27(32)31(28)19-16-22-12-6-4-7-13-22/h4,6-9,12-15H,2-3,5,10-11,16-21H2,1H3.